The monoisotopic (exact) mass is 351 g/mol. The van der Waals surface area contributed by atoms with E-state index in [1.54, 1.807) is 12.1 Å². The molecule has 122 valence electrons. The lowest BCUT2D eigenvalue weighted by atomic mass is 10.2. The lowest BCUT2D eigenvalue weighted by Crippen LogP contribution is -2.14. The second-order valence-electron chi connectivity index (χ2n) is 4.84. The van der Waals surface area contributed by atoms with E-state index in [1.807, 2.05) is 31.2 Å². The molecule has 0 saturated carbocycles. The van der Waals surface area contributed by atoms with Crippen molar-refractivity contribution in [1.82, 2.24) is 0 Å². The smallest absolute Gasteiger partial charge is 0.234 e. The Labute approximate surface area is 145 Å². The summed E-state index contributed by atoms with van der Waals surface area (Å²) in [6.07, 6.45) is 0. The molecule has 0 spiro atoms. The zero-order chi connectivity index (χ0) is 16.8. The first-order valence-corrected chi connectivity index (χ1v) is 8.30. The molecular formula is C17H18ClNO3S. The standard InChI is InChI=1S/C17H18ClNO3S/c1-11-4-6-12(7-5-11)23-10-17(20)19-14-9-15(21-2)13(18)8-16(14)22-3/h4-9H,10H2,1-3H3,(H,19,20). The minimum Gasteiger partial charge on any atom is -0.495 e. The molecule has 0 saturated heterocycles. The summed E-state index contributed by atoms with van der Waals surface area (Å²) in [7, 11) is 3.04. The molecule has 0 aromatic heterocycles. The van der Waals surface area contributed by atoms with Crippen LogP contribution in [0, 0.1) is 6.92 Å². The molecule has 6 heteroatoms. The van der Waals surface area contributed by atoms with Crippen molar-refractivity contribution in [2.24, 2.45) is 0 Å². The lowest BCUT2D eigenvalue weighted by molar-refractivity contribution is -0.113. The molecule has 1 amide bonds. The minimum atomic E-state index is -0.127. The molecule has 0 fully saturated rings. The van der Waals surface area contributed by atoms with Gasteiger partial charge in [0.25, 0.3) is 0 Å². The van der Waals surface area contributed by atoms with E-state index in [1.165, 1.54) is 31.5 Å². The predicted molar refractivity (Wildman–Crippen MR) is 95.1 cm³/mol. The maximum atomic E-state index is 12.1. The molecule has 0 aliphatic heterocycles. The average Bonchev–Trinajstić information content (AvgIpc) is 2.55. The van der Waals surface area contributed by atoms with Crippen LogP contribution >= 0.6 is 23.4 Å². The Balaban J connectivity index is 2.03. The third-order valence-corrected chi connectivity index (χ3v) is 4.45. The van der Waals surface area contributed by atoms with Crippen molar-refractivity contribution in [1.29, 1.82) is 0 Å². The summed E-state index contributed by atoms with van der Waals surface area (Å²) < 4.78 is 10.4. The molecule has 4 nitrogen and oxygen atoms in total. The van der Waals surface area contributed by atoms with E-state index in [-0.39, 0.29) is 5.91 Å². The van der Waals surface area contributed by atoms with Crippen LogP contribution in [0.3, 0.4) is 0 Å². The van der Waals surface area contributed by atoms with Crippen LogP contribution in [0.5, 0.6) is 11.5 Å². The van der Waals surface area contributed by atoms with Crippen molar-refractivity contribution < 1.29 is 14.3 Å². The fraction of sp³-hybridized carbons (Fsp3) is 0.235. The summed E-state index contributed by atoms with van der Waals surface area (Å²) in [6, 6.07) is 11.3. The van der Waals surface area contributed by atoms with Gasteiger partial charge >= 0.3 is 0 Å². The van der Waals surface area contributed by atoms with E-state index in [2.05, 4.69) is 5.32 Å². The molecule has 1 N–H and O–H groups in total. The number of methoxy groups -OCH3 is 2. The van der Waals surface area contributed by atoms with Gasteiger partial charge in [-0.05, 0) is 19.1 Å². The van der Waals surface area contributed by atoms with Crippen LogP contribution < -0.4 is 14.8 Å². The second-order valence-corrected chi connectivity index (χ2v) is 6.29. The maximum absolute atomic E-state index is 12.1. The number of amides is 1. The number of rotatable bonds is 6. The molecule has 0 aliphatic carbocycles. The van der Waals surface area contributed by atoms with Crippen LogP contribution in [0.4, 0.5) is 5.69 Å². The summed E-state index contributed by atoms with van der Waals surface area (Å²) in [5, 5.41) is 3.25. The second kappa shape index (κ2) is 8.13. The number of halogens is 1. The highest BCUT2D eigenvalue weighted by Crippen LogP contribution is 2.36. The van der Waals surface area contributed by atoms with Gasteiger partial charge in [0.1, 0.15) is 11.5 Å². The highest BCUT2D eigenvalue weighted by atomic mass is 35.5. The van der Waals surface area contributed by atoms with Gasteiger partial charge in [-0.15, -0.1) is 11.8 Å². The molecule has 0 radical (unpaired) electrons. The first kappa shape index (κ1) is 17.5. The first-order chi connectivity index (χ1) is 11.0. The lowest BCUT2D eigenvalue weighted by Gasteiger charge is -2.13. The SMILES string of the molecule is COc1cc(NC(=O)CSc2ccc(C)cc2)c(OC)cc1Cl. The van der Waals surface area contributed by atoms with E-state index < -0.39 is 0 Å². The van der Waals surface area contributed by atoms with Gasteiger partial charge in [-0.3, -0.25) is 4.79 Å². The number of nitrogens with one attached hydrogen (secondary N) is 1. The molecule has 0 unspecified atom stereocenters. The number of benzene rings is 2. The van der Waals surface area contributed by atoms with Crippen LogP contribution in [-0.2, 0) is 4.79 Å². The Kier molecular flexibility index (Phi) is 6.19. The van der Waals surface area contributed by atoms with Gasteiger partial charge in [-0.25, -0.2) is 0 Å². The Bertz CT molecular complexity index is 689. The molecule has 2 rings (SSSR count). The Morgan fingerprint density at radius 1 is 1.13 bits per heavy atom. The number of anilines is 1. The van der Waals surface area contributed by atoms with Crippen LogP contribution in [0.2, 0.25) is 5.02 Å². The molecule has 2 aromatic rings. The van der Waals surface area contributed by atoms with Crippen molar-refractivity contribution in [3.05, 3.63) is 47.0 Å². The van der Waals surface area contributed by atoms with Gasteiger partial charge in [0.15, 0.2) is 0 Å². The van der Waals surface area contributed by atoms with E-state index in [0.29, 0.717) is 28.0 Å². The Morgan fingerprint density at radius 2 is 1.78 bits per heavy atom. The fourth-order valence-electron chi connectivity index (χ4n) is 1.93. The number of thioether (sulfide) groups is 1. The Morgan fingerprint density at radius 3 is 2.39 bits per heavy atom. The number of carbonyl (C=O) groups excluding carboxylic acids is 1. The van der Waals surface area contributed by atoms with Crippen molar-refractivity contribution >= 4 is 35.0 Å². The van der Waals surface area contributed by atoms with E-state index >= 15 is 0 Å². The summed E-state index contributed by atoms with van der Waals surface area (Å²) >= 11 is 7.52. The largest absolute Gasteiger partial charge is 0.495 e. The number of hydrogen-bond acceptors (Lipinski definition) is 4. The normalized spacial score (nSPS) is 10.3. The zero-order valence-corrected chi connectivity index (χ0v) is 14.8. The molecule has 0 bridgehead atoms. The van der Waals surface area contributed by atoms with Gasteiger partial charge in [0, 0.05) is 17.0 Å². The van der Waals surface area contributed by atoms with Gasteiger partial charge in [0.05, 0.1) is 30.7 Å². The van der Waals surface area contributed by atoms with E-state index in [9.17, 15) is 4.79 Å². The molecular weight excluding hydrogens is 334 g/mol. The molecule has 2 aromatic carbocycles. The summed E-state index contributed by atoms with van der Waals surface area (Å²) in [4.78, 5) is 13.2. The van der Waals surface area contributed by atoms with Crippen LogP contribution in [-0.4, -0.2) is 25.9 Å². The van der Waals surface area contributed by atoms with Crippen molar-refractivity contribution in [3.63, 3.8) is 0 Å². The number of ether oxygens (including phenoxy) is 2. The first-order valence-electron chi connectivity index (χ1n) is 6.94. The highest BCUT2D eigenvalue weighted by molar-refractivity contribution is 8.00. The average molecular weight is 352 g/mol. The van der Waals surface area contributed by atoms with E-state index in [0.717, 1.165) is 4.90 Å². The minimum absolute atomic E-state index is 0.127. The summed E-state index contributed by atoms with van der Waals surface area (Å²) in [5.41, 5.74) is 1.72. The predicted octanol–water partition coefficient (Wildman–Crippen LogP) is 4.40. The third kappa shape index (κ3) is 4.81. The fourth-order valence-corrected chi connectivity index (χ4v) is 2.86. The molecule has 0 heterocycles. The van der Waals surface area contributed by atoms with Gasteiger partial charge in [0.2, 0.25) is 5.91 Å². The number of carbonyl (C=O) groups is 1. The number of hydrogen-bond donors (Lipinski definition) is 1. The molecule has 0 atom stereocenters. The number of aryl methyl sites for hydroxylation is 1. The third-order valence-electron chi connectivity index (χ3n) is 3.14. The van der Waals surface area contributed by atoms with E-state index in [4.69, 9.17) is 21.1 Å². The summed E-state index contributed by atoms with van der Waals surface area (Å²) in [6.45, 7) is 2.03. The topological polar surface area (TPSA) is 47.6 Å². The highest BCUT2D eigenvalue weighted by Gasteiger charge is 2.12. The van der Waals surface area contributed by atoms with Crippen LogP contribution in [0.1, 0.15) is 5.56 Å². The van der Waals surface area contributed by atoms with Crippen LogP contribution in [0.15, 0.2) is 41.3 Å². The summed E-state index contributed by atoms with van der Waals surface area (Å²) in [5.74, 6) is 1.15. The van der Waals surface area contributed by atoms with Crippen molar-refractivity contribution in [3.8, 4) is 11.5 Å². The zero-order valence-electron chi connectivity index (χ0n) is 13.2. The van der Waals surface area contributed by atoms with Crippen molar-refractivity contribution in [2.45, 2.75) is 11.8 Å². The Hall–Kier alpha value is -1.85. The van der Waals surface area contributed by atoms with Gasteiger partial charge < -0.3 is 14.8 Å². The molecule has 23 heavy (non-hydrogen) atoms. The maximum Gasteiger partial charge on any atom is 0.234 e. The quantitative estimate of drug-likeness (QED) is 0.784. The van der Waals surface area contributed by atoms with Crippen LogP contribution in [0.25, 0.3) is 0 Å². The van der Waals surface area contributed by atoms with Crippen molar-refractivity contribution in [2.75, 3.05) is 25.3 Å². The van der Waals surface area contributed by atoms with Gasteiger partial charge in [-0.1, -0.05) is 29.3 Å². The van der Waals surface area contributed by atoms with Gasteiger partial charge in [-0.2, -0.15) is 0 Å². The molecule has 0 aliphatic rings.